The van der Waals surface area contributed by atoms with Crippen molar-refractivity contribution >= 4 is 17.6 Å². The number of carbonyl (C=O) groups is 2. The van der Waals surface area contributed by atoms with Gasteiger partial charge in [-0.05, 0) is 26.0 Å². The molecule has 0 saturated heterocycles. The Kier molecular flexibility index (Phi) is 4.05. The molecule has 0 aliphatic heterocycles. The molecule has 0 heterocycles. The molecule has 0 aliphatic carbocycles. The number of ketones is 2. The Morgan fingerprint density at radius 3 is 1.89 bits per heavy atom. The lowest BCUT2D eigenvalue weighted by Crippen LogP contribution is -2.01. The summed E-state index contributed by atoms with van der Waals surface area (Å²) in [5.74, 6) is -1.46. The highest BCUT2D eigenvalue weighted by molar-refractivity contribution is 6.05. The summed E-state index contributed by atoms with van der Waals surface area (Å²) >= 11 is 0. The maximum absolute atomic E-state index is 11.4. The Morgan fingerprint density at radius 2 is 1.56 bits per heavy atom. The molecule has 0 unspecified atom stereocenters. The largest absolute Gasteiger partial charge is 0.506 e. The van der Waals surface area contributed by atoms with Gasteiger partial charge >= 0.3 is 0 Å². The molecule has 0 saturated carbocycles. The molecule has 0 spiro atoms. The molecule has 0 amide bonds. The molecular weight excluding hydrogens is 232 g/mol. The Hall–Kier alpha value is -2.36. The maximum Gasteiger partial charge on any atom is 0.163 e. The number of phenols is 2. The summed E-state index contributed by atoms with van der Waals surface area (Å²) < 4.78 is 0. The van der Waals surface area contributed by atoms with E-state index in [0.29, 0.717) is 0 Å². The average molecular weight is 246 g/mol. The van der Waals surface area contributed by atoms with Gasteiger partial charge < -0.3 is 10.2 Å². The lowest BCUT2D eigenvalue weighted by atomic mass is 9.97. The Bertz CT molecular complexity index is 515. The van der Waals surface area contributed by atoms with Gasteiger partial charge in [-0.2, -0.15) is 0 Å². The zero-order chi connectivity index (χ0) is 13.9. The minimum atomic E-state index is -0.386. The molecule has 0 aromatic heterocycles. The molecule has 4 heteroatoms. The van der Waals surface area contributed by atoms with Crippen molar-refractivity contribution in [3.8, 4) is 11.5 Å². The van der Waals surface area contributed by atoms with Crippen molar-refractivity contribution in [2.45, 2.75) is 13.8 Å². The third-order valence-corrected chi connectivity index (χ3v) is 2.47. The summed E-state index contributed by atoms with van der Waals surface area (Å²) in [7, 11) is 0. The van der Waals surface area contributed by atoms with Gasteiger partial charge in [-0.1, -0.05) is 18.7 Å². The lowest BCUT2D eigenvalue weighted by Gasteiger charge is -2.10. The van der Waals surface area contributed by atoms with E-state index in [0.717, 1.165) is 0 Å². The van der Waals surface area contributed by atoms with Crippen LogP contribution in [-0.2, 0) is 0 Å². The second-order valence-electron chi connectivity index (χ2n) is 3.79. The first-order valence-corrected chi connectivity index (χ1v) is 5.30. The zero-order valence-electron chi connectivity index (χ0n) is 10.2. The fourth-order valence-electron chi connectivity index (χ4n) is 1.54. The zero-order valence-corrected chi connectivity index (χ0v) is 10.2. The molecule has 0 atom stereocenters. The Morgan fingerprint density at radius 1 is 1.11 bits per heavy atom. The third kappa shape index (κ3) is 2.48. The van der Waals surface area contributed by atoms with Gasteiger partial charge in [-0.15, -0.1) is 0 Å². The SMILES string of the molecule is C=C/C=C/c1c(O)c(C(C)=O)cc(C(C)=O)c1O. The number of carbonyl (C=O) groups excluding carboxylic acids is 2. The number of hydrogen-bond donors (Lipinski definition) is 2. The number of benzene rings is 1. The molecule has 18 heavy (non-hydrogen) atoms. The van der Waals surface area contributed by atoms with Crippen LogP contribution in [0.1, 0.15) is 40.1 Å². The van der Waals surface area contributed by atoms with E-state index in [9.17, 15) is 19.8 Å². The van der Waals surface area contributed by atoms with Crippen molar-refractivity contribution in [1.29, 1.82) is 0 Å². The van der Waals surface area contributed by atoms with Gasteiger partial charge in [0.05, 0.1) is 16.7 Å². The van der Waals surface area contributed by atoms with Gasteiger partial charge in [0.2, 0.25) is 0 Å². The number of allylic oxidation sites excluding steroid dienone is 2. The van der Waals surface area contributed by atoms with Crippen LogP contribution in [0.15, 0.2) is 24.8 Å². The van der Waals surface area contributed by atoms with Gasteiger partial charge in [-0.3, -0.25) is 9.59 Å². The summed E-state index contributed by atoms with van der Waals surface area (Å²) in [6.07, 6.45) is 4.33. The smallest absolute Gasteiger partial charge is 0.163 e. The molecular formula is C14H14O4. The van der Waals surface area contributed by atoms with Crippen molar-refractivity contribution in [2.75, 3.05) is 0 Å². The van der Waals surface area contributed by atoms with E-state index < -0.39 is 0 Å². The monoisotopic (exact) mass is 246 g/mol. The molecule has 0 radical (unpaired) electrons. The first-order chi connectivity index (χ1) is 8.40. The van der Waals surface area contributed by atoms with Gasteiger partial charge in [0.1, 0.15) is 11.5 Å². The van der Waals surface area contributed by atoms with Gasteiger partial charge in [0, 0.05) is 0 Å². The average Bonchev–Trinajstić information content (AvgIpc) is 2.28. The van der Waals surface area contributed by atoms with Crippen molar-refractivity contribution in [3.63, 3.8) is 0 Å². The van der Waals surface area contributed by atoms with E-state index in [1.807, 2.05) is 0 Å². The summed E-state index contributed by atoms with van der Waals surface area (Å²) in [6.45, 7) is 6.02. The standard InChI is InChI=1S/C14H14O4/c1-4-5-6-10-13(17)11(8(2)15)7-12(9(3)16)14(10)18/h4-7,17-18H,1H2,2-3H3/b6-5+. The summed E-state index contributed by atoms with van der Waals surface area (Å²) in [6, 6.07) is 1.20. The number of phenolic OH excluding ortho intramolecular Hbond substituents is 2. The number of aromatic hydroxyl groups is 2. The maximum atomic E-state index is 11.4. The molecule has 1 aromatic carbocycles. The van der Waals surface area contributed by atoms with E-state index in [-0.39, 0.29) is 39.8 Å². The van der Waals surface area contributed by atoms with Crippen LogP contribution in [0.2, 0.25) is 0 Å². The van der Waals surface area contributed by atoms with E-state index in [2.05, 4.69) is 6.58 Å². The summed E-state index contributed by atoms with van der Waals surface area (Å²) in [5.41, 5.74) is 0.0382. The van der Waals surface area contributed by atoms with Gasteiger partial charge in [-0.25, -0.2) is 0 Å². The normalized spacial score (nSPS) is 10.6. The van der Waals surface area contributed by atoms with E-state index in [1.54, 1.807) is 0 Å². The Labute approximate surface area is 105 Å². The van der Waals surface area contributed by atoms with Crippen LogP contribution < -0.4 is 0 Å². The number of Topliss-reactive ketones (excluding diaryl/α,β-unsaturated/α-hetero) is 2. The van der Waals surface area contributed by atoms with Crippen molar-refractivity contribution < 1.29 is 19.8 Å². The second kappa shape index (κ2) is 5.31. The molecule has 1 rings (SSSR count). The molecule has 0 aliphatic rings. The van der Waals surface area contributed by atoms with E-state index in [1.165, 1.54) is 38.1 Å². The van der Waals surface area contributed by atoms with Crippen LogP contribution in [-0.4, -0.2) is 21.8 Å². The highest BCUT2D eigenvalue weighted by Gasteiger charge is 2.19. The van der Waals surface area contributed by atoms with E-state index >= 15 is 0 Å². The first kappa shape index (κ1) is 13.7. The Balaban J connectivity index is 3.66. The minimum absolute atomic E-state index is 0.00159. The van der Waals surface area contributed by atoms with Crippen molar-refractivity contribution in [1.82, 2.24) is 0 Å². The quantitative estimate of drug-likeness (QED) is 0.632. The van der Waals surface area contributed by atoms with Crippen LogP contribution in [0.4, 0.5) is 0 Å². The van der Waals surface area contributed by atoms with Crippen LogP contribution >= 0.6 is 0 Å². The summed E-state index contributed by atoms with van der Waals surface area (Å²) in [5, 5.41) is 19.8. The lowest BCUT2D eigenvalue weighted by molar-refractivity contribution is 0.101. The third-order valence-electron chi connectivity index (χ3n) is 2.47. The van der Waals surface area contributed by atoms with Gasteiger partial charge in [0.15, 0.2) is 11.6 Å². The van der Waals surface area contributed by atoms with Crippen molar-refractivity contribution in [2.24, 2.45) is 0 Å². The number of hydrogen-bond acceptors (Lipinski definition) is 4. The molecule has 94 valence electrons. The highest BCUT2D eigenvalue weighted by atomic mass is 16.3. The minimum Gasteiger partial charge on any atom is -0.506 e. The van der Waals surface area contributed by atoms with Crippen molar-refractivity contribution in [3.05, 3.63) is 41.5 Å². The molecule has 0 bridgehead atoms. The fraction of sp³-hybridized carbons (Fsp3) is 0.143. The number of rotatable bonds is 4. The predicted octanol–water partition coefficient (Wildman–Crippen LogP) is 2.70. The predicted molar refractivity (Wildman–Crippen MR) is 69.0 cm³/mol. The first-order valence-electron chi connectivity index (χ1n) is 5.30. The molecule has 1 aromatic rings. The van der Waals surface area contributed by atoms with E-state index in [4.69, 9.17) is 0 Å². The highest BCUT2D eigenvalue weighted by Crippen LogP contribution is 2.35. The van der Waals surface area contributed by atoms with Crippen LogP contribution in [0.25, 0.3) is 6.08 Å². The van der Waals surface area contributed by atoms with Crippen LogP contribution in [0.3, 0.4) is 0 Å². The van der Waals surface area contributed by atoms with Crippen LogP contribution in [0.5, 0.6) is 11.5 Å². The molecule has 4 nitrogen and oxygen atoms in total. The van der Waals surface area contributed by atoms with Crippen LogP contribution in [0, 0.1) is 0 Å². The summed E-state index contributed by atoms with van der Waals surface area (Å²) in [4.78, 5) is 22.8. The molecule has 0 fully saturated rings. The topological polar surface area (TPSA) is 74.6 Å². The molecule has 2 N–H and O–H groups in total. The van der Waals surface area contributed by atoms with Gasteiger partial charge in [0.25, 0.3) is 0 Å². The second-order valence-corrected chi connectivity index (χ2v) is 3.79. The fourth-order valence-corrected chi connectivity index (χ4v) is 1.54.